The summed E-state index contributed by atoms with van der Waals surface area (Å²) >= 11 is 0. The van der Waals surface area contributed by atoms with E-state index in [4.69, 9.17) is 29.1 Å². The molecule has 1 N–H and O–H groups in total. The van der Waals surface area contributed by atoms with Crippen LogP contribution in [-0.2, 0) is 41.8 Å². The van der Waals surface area contributed by atoms with Crippen molar-refractivity contribution in [2.24, 2.45) is 11.1 Å². The lowest BCUT2D eigenvalue weighted by Gasteiger charge is -2.27. The van der Waals surface area contributed by atoms with Crippen molar-refractivity contribution in [1.82, 2.24) is 9.88 Å². The number of hydrogen-bond acceptors (Lipinski definition) is 18. The highest BCUT2D eigenvalue weighted by Crippen LogP contribution is 2.50. The number of fused-ring (bicyclic) bond motifs is 5. The first-order valence-corrected chi connectivity index (χ1v) is 20.6. The average molecular weight is 942 g/mol. The number of hydrogen-bond donors (Lipinski definition) is 1. The zero-order chi connectivity index (χ0) is 50.5. The summed E-state index contributed by atoms with van der Waals surface area (Å²) in [4.78, 5) is 101. The molecule has 0 saturated carbocycles. The molecule has 24 heteroatoms. The molecular weight excluding hydrogens is 899 g/mol. The van der Waals surface area contributed by atoms with Crippen molar-refractivity contribution < 1.29 is 63.0 Å². The number of esters is 1. The summed E-state index contributed by atoms with van der Waals surface area (Å²) in [5.41, 5.74) is -2.47. The van der Waals surface area contributed by atoms with Gasteiger partial charge in [0.1, 0.15) is 23.7 Å². The molecule has 3 aliphatic rings. The quantitative estimate of drug-likeness (QED) is 0.0566. The second-order valence-corrected chi connectivity index (χ2v) is 15.7. The standard InChI is InChI=1S/C26H28N2O6.C16H9N5O11.C2H6/c1-6-18-19(7-2)24(30)32-14-20(18)23(29)28-12-16-10-15-11-17(33-25(31)34-26(3,4)5)8-9-21(15)27-22(16)13-28;1-6(16(22)23)32-17-15-9-2-7(18(24)25)4-11(20(28)29)13(9)14-10(15)3-8(19(26)27)5-12(14)21(30)31;1-2/h6,8-11,19H,1,7,12-14H2,2-5H3;2-6H,1H3,(H,22,23);1-2H3/t19-;6-;/m11./s1. The number of carboxylic acids is 1. The fraction of sp³-hybridized carbons (Fsp3) is 0.318. The monoisotopic (exact) mass is 941 g/mol. The Morgan fingerprint density at radius 3 is 1.99 bits per heavy atom. The van der Waals surface area contributed by atoms with Crippen LogP contribution in [0.1, 0.15) is 77.3 Å². The van der Waals surface area contributed by atoms with E-state index in [0.29, 0.717) is 48.5 Å². The molecule has 4 aromatic rings. The van der Waals surface area contributed by atoms with E-state index in [1.807, 2.05) is 26.8 Å². The summed E-state index contributed by atoms with van der Waals surface area (Å²) in [6, 6.07) is 9.91. The third kappa shape index (κ3) is 10.5. The number of carbonyl (C=O) groups excluding carboxylic acids is 3. The lowest BCUT2D eigenvalue weighted by Crippen LogP contribution is -2.35. The van der Waals surface area contributed by atoms with E-state index >= 15 is 0 Å². The van der Waals surface area contributed by atoms with E-state index in [1.165, 1.54) is 0 Å². The SMILES string of the molecule is C=CC1=C(C(=O)N2Cc3cc4cc(OC(=O)OC(C)(C)C)ccc4nc3C2)COC(=O)[C@@H]1CC.CC.C[C@@H](ON=C1c2cc([N+](=O)[O-])cc([N+](=O)[O-])c2-c2c1cc([N+](=O)[O-])cc2[N+](=O)[O-])C(=O)O. The summed E-state index contributed by atoms with van der Waals surface area (Å²) in [6.45, 7) is 16.8. The molecule has 0 spiro atoms. The largest absolute Gasteiger partial charge is 0.514 e. The fourth-order valence-electron chi connectivity index (χ4n) is 7.26. The first kappa shape index (κ1) is 50.3. The number of carboxylic acid groups (broad SMARTS) is 1. The molecule has 7 rings (SSSR count). The number of cyclic esters (lactones) is 1. The van der Waals surface area contributed by atoms with Gasteiger partial charge < -0.3 is 29.1 Å². The summed E-state index contributed by atoms with van der Waals surface area (Å²) in [5.74, 6) is -2.08. The molecule has 24 nitrogen and oxygen atoms in total. The number of aliphatic carboxylic acids is 1. The maximum absolute atomic E-state index is 13.3. The summed E-state index contributed by atoms with van der Waals surface area (Å²) < 4.78 is 15.8. The molecule has 3 aromatic carbocycles. The predicted molar refractivity (Wildman–Crippen MR) is 238 cm³/mol. The fourth-order valence-corrected chi connectivity index (χ4v) is 7.26. The van der Waals surface area contributed by atoms with Gasteiger partial charge in [-0.05, 0) is 69.5 Å². The van der Waals surface area contributed by atoms with E-state index in [-0.39, 0.29) is 29.6 Å². The van der Waals surface area contributed by atoms with E-state index in [9.17, 15) is 59.6 Å². The molecule has 0 bridgehead atoms. The van der Waals surface area contributed by atoms with Crippen LogP contribution in [0.3, 0.4) is 0 Å². The van der Waals surface area contributed by atoms with Crippen molar-refractivity contribution in [1.29, 1.82) is 0 Å². The van der Waals surface area contributed by atoms with Crippen LogP contribution in [0.15, 0.2) is 77.5 Å². The molecule has 2 aliphatic heterocycles. The molecule has 356 valence electrons. The number of amides is 1. The number of nitrogens with zero attached hydrogens (tertiary/aromatic N) is 7. The number of oxime groups is 1. The number of nitro benzene ring substituents is 4. The van der Waals surface area contributed by atoms with Gasteiger partial charge in [-0.2, -0.15) is 0 Å². The minimum absolute atomic E-state index is 0.0524. The minimum atomic E-state index is -1.54. The van der Waals surface area contributed by atoms with Crippen LogP contribution >= 0.6 is 0 Å². The van der Waals surface area contributed by atoms with E-state index in [0.717, 1.165) is 41.2 Å². The number of allylic oxidation sites excluding steroid dienone is 1. The number of pyridine rings is 1. The molecule has 1 aliphatic carbocycles. The number of ether oxygens (including phenoxy) is 3. The van der Waals surface area contributed by atoms with Crippen molar-refractivity contribution in [3.05, 3.63) is 135 Å². The van der Waals surface area contributed by atoms with Crippen LogP contribution in [0.2, 0.25) is 0 Å². The maximum Gasteiger partial charge on any atom is 0.514 e. The number of benzene rings is 3. The predicted octanol–water partition coefficient (Wildman–Crippen LogP) is 8.02. The summed E-state index contributed by atoms with van der Waals surface area (Å²) in [6.07, 6.45) is -0.193. The Labute approximate surface area is 385 Å². The Morgan fingerprint density at radius 1 is 0.926 bits per heavy atom. The highest BCUT2D eigenvalue weighted by atomic mass is 16.7. The van der Waals surface area contributed by atoms with Gasteiger partial charge in [-0.3, -0.25) is 55.0 Å². The molecule has 68 heavy (non-hydrogen) atoms. The van der Waals surface area contributed by atoms with Gasteiger partial charge in [0.05, 0.1) is 72.2 Å². The van der Waals surface area contributed by atoms with Crippen molar-refractivity contribution in [3.8, 4) is 16.9 Å². The number of rotatable bonds is 11. The van der Waals surface area contributed by atoms with E-state index in [1.54, 1.807) is 49.9 Å². The van der Waals surface area contributed by atoms with Gasteiger partial charge in [0.25, 0.3) is 28.7 Å². The Bertz CT molecular complexity index is 2800. The molecule has 0 saturated heterocycles. The van der Waals surface area contributed by atoms with E-state index in [2.05, 4.69) is 11.7 Å². The van der Waals surface area contributed by atoms with E-state index < -0.39 is 89.0 Å². The van der Waals surface area contributed by atoms with Crippen LogP contribution in [0.25, 0.3) is 22.0 Å². The Kier molecular flexibility index (Phi) is 15.0. The number of nitro groups is 4. The van der Waals surface area contributed by atoms with Crippen LogP contribution in [0, 0.1) is 46.4 Å². The molecule has 1 amide bonds. The zero-order valence-corrected chi connectivity index (χ0v) is 37.5. The molecular formula is C44H43N7O17. The van der Waals surface area contributed by atoms with Gasteiger partial charge in [-0.15, -0.1) is 0 Å². The van der Waals surface area contributed by atoms with Crippen molar-refractivity contribution >= 4 is 63.4 Å². The highest BCUT2D eigenvalue weighted by Gasteiger charge is 2.42. The lowest BCUT2D eigenvalue weighted by atomic mass is 9.89. The van der Waals surface area contributed by atoms with Gasteiger partial charge >= 0.3 is 18.1 Å². The first-order valence-electron chi connectivity index (χ1n) is 20.6. The topological polar surface area (TPSA) is 326 Å². The van der Waals surface area contributed by atoms with Crippen molar-refractivity contribution in [2.75, 3.05) is 6.61 Å². The smallest absolute Gasteiger partial charge is 0.478 e. The highest BCUT2D eigenvalue weighted by molar-refractivity contribution is 6.27. The van der Waals surface area contributed by atoms with Gasteiger partial charge in [-0.1, -0.05) is 38.6 Å². The van der Waals surface area contributed by atoms with Crippen LogP contribution in [0.4, 0.5) is 27.5 Å². The summed E-state index contributed by atoms with van der Waals surface area (Å²) in [5, 5.41) is 59.1. The Morgan fingerprint density at radius 2 is 1.50 bits per heavy atom. The third-order valence-corrected chi connectivity index (χ3v) is 10.2. The lowest BCUT2D eigenvalue weighted by molar-refractivity contribution is -0.395. The second-order valence-electron chi connectivity index (χ2n) is 15.7. The second kappa shape index (κ2) is 20.2. The normalized spacial score (nSPS) is 14.9. The maximum atomic E-state index is 13.3. The van der Waals surface area contributed by atoms with Crippen LogP contribution < -0.4 is 4.74 Å². The van der Waals surface area contributed by atoms with Crippen LogP contribution in [-0.4, -0.2) is 82.7 Å². The molecule has 0 fully saturated rings. The van der Waals surface area contributed by atoms with Crippen molar-refractivity contribution in [3.63, 3.8) is 0 Å². The van der Waals surface area contributed by atoms with Gasteiger partial charge in [0.15, 0.2) is 0 Å². The molecule has 3 heterocycles. The van der Waals surface area contributed by atoms with Crippen LogP contribution in [0.5, 0.6) is 5.75 Å². The summed E-state index contributed by atoms with van der Waals surface area (Å²) in [7, 11) is 0. The first-order chi connectivity index (χ1) is 32.0. The molecule has 1 aromatic heterocycles. The molecule has 2 atom stereocenters. The van der Waals surface area contributed by atoms with Gasteiger partial charge in [-0.25, -0.2) is 9.59 Å². The van der Waals surface area contributed by atoms with Gasteiger partial charge in [0, 0.05) is 35.2 Å². The Hall–Kier alpha value is -8.70. The molecule has 0 unspecified atom stereocenters. The number of non-ortho nitro benzene ring substituents is 2. The van der Waals surface area contributed by atoms with Gasteiger partial charge in [0.2, 0.25) is 6.10 Å². The third-order valence-electron chi connectivity index (χ3n) is 10.2. The number of carbonyl (C=O) groups is 4. The zero-order valence-electron chi connectivity index (χ0n) is 37.5. The average Bonchev–Trinajstić information content (AvgIpc) is 3.84. The molecule has 0 radical (unpaired) electrons. The van der Waals surface area contributed by atoms with Crippen molar-refractivity contribution in [2.45, 2.75) is 79.7 Å². The Balaban J connectivity index is 0.000000246. The number of aromatic nitrogens is 1. The minimum Gasteiger partial charge on any atom is -0.478 e.